The van der Waals surface area contributed by atoms with Crippen molar-refractivity contribution in [2.45, 2.75) is 58.5 Å². The average Bonchev–Trinajstić information content (AvgIpc) is 2.95. The molecule has 2 rings (SSSR count). The predicted molar refractivity (Wildman–Crippen MR) is 93.3 cm³/mol. The molecular weight excluding hydrogens is 280 g/mol. The summed E-state index contributed by atoms with van der Waals surface area (Å²) in [6.07, 6.45) is 6.57. The lowest BCUT2D eigenvalue weighted by Gasteiger charge is -2.33. The van der Waals surface area contributed by atoms with Crippen LogP contribution in [0.4, 0.5) is 5.69 Å². The molecule has 1 saturated carbocycles. The molecule has 1 aliphatic carbocycles. The minimum absolute atomic E-state index is 0.677. The highest BCUT2D eigenvalue weighted by Crippen LogP contribution is 2.34. The second-order valence-corrected chi connectivity index (χ2v) is 7.04. The van der Waals surface area contributed by atoms with Gasteiger partial charge in [-0.15, -0.1) is 0 Å². The third-order valence-corrected chi connectivity index (χ3v) is 4.72. The smallest absolute Gasteiger partial charge is 0.0642 e. The second-order valence-electron chi connectivity index (χ2n) is 6.63. The molecule has 0 radical (unpaired) electrons. The van der Waals surface area contributed by atoms with Crippen LogP contribution >= 0.6 is 11.6 Å². The van der Waals surface area contributed by atoms with Crippen molar-refractivity contribution in [3.63, 3.8) is 0 Å². The van der Waals surface area contributed by atoms with Gasteiger partial charge < -0.3 is 10.2 Å². The number of nitrogens with zero attached hydrogens (tertiary/aromatic N) is 1. The van der Waals surface area contributed by atoms with Crippen LogP contribution in [0.5, 0.6) is 0 Å². The van der Waals surface area contributed by atoms with Gasteiger partial charge in [-0.2, -0.15) is 0 Å². The summed E-state index contributed by atoms with van der Waals surface area (Å²) in [5, 5.41) is 4.08. The molecule has 21 heavy (non-hydrogen) atoms. The summed E-state index contributed by atoms with van der Waals surface area (Å²) >= 11 is 6.58. The van der Waals surface area contributed by atoms with Crippen LogP contribution in [0.25, 0.3) is 0 Å². The van der Waals surface area contributed by atoms with Crippen LogP contribution in [-0.4, -0.2) is 19.6 Å². The van der Waals surface area contributed by atoms with Crippen molar-refractivity contribution in [2.24, 2.45) is 5.92 Å². The Balaban J connectivity index is 2.18. The van der Waals surface area contributed by atoms with Crippen molar-refractivity contribution in [2.75, 3.05) is 18.5 Å². The molecule has 0 spiro atoms. The first-order chi connectivity index (χ1) is 10.1. The van der Waals surface area contributed by atoms with Gasteiger partial charge in [0.2, 0.25) is 0 Å². The second kappa shape index (κ2) is 8.05. The van der Waals surface area contributed by atoms with E-state index in [0.717, 1.165) is 24.0 Å². The van der Waals surface area contributed by atoms with Gasteiger partial charge in [0.05, 0.1) is 10.7 Å². The van der Waals surface area contributed by atoms with E-state index >= 15 is 0 Å². The Morgan fingerprint density at radius 1 is 1.29 bits per heavy atom. The highest BCUT2D eigenvalue weighted by atomic mass is 35.5. The summed E-state index contributed by atoms with van der Waals surface area (Å²) in [4.78, 5) is 2.57. The zero-order valence-electron chi connectivity index (χ0n) is 13.7. The Hall–Kier alpha value is -0.730. The van der Waals surface area contributed by atoms with Crippen LogP contribution < -0.4 is 10.2 Å². The maximum Gasteiger partial charge on any atom is 0.0642 e. The fraction of sp³-hybridized carbons (Fsp3) is 0.667. The average molecular weight is 309 g/mol. The van der Waals surface area contributed by atoms with Crippen molar-refractivity contribution < 1.29 is 0 Å². The molecule has 0 heterocycles. The highest BCUT2D eigenvalue weighted by Gasteiger charge is 2.24. The van der Waals surface area contributed by atoms with E-state index in [2.05, 4.69) is 42.3 Å². The third kappa shape index (κ3) is 4.62. The molecule has 1 aromatic rings. The maximum atomic E-state index is 6.58. The zero-order valence-corrected chi connectivity index (χ0v) is 14.4. The molecule has 0 saturated heterocycles. The zero-order chi connectivity index (χ0) is 15.2. The van der Waals surface area contributed by atoms with Gasteiger partial charge in [-0.3, -0.25) is 0 Å². The molecule has 1 aliphatic rings. The SMILES string of the molecule is CNCc1ccc(N(CCC(C)C)C2CCCC2)c(Cl)c1. The summed E-state index contributed by atoms with van der Waals surface area (Å²) < 4.78 is 0. The summed E-state index contributed by atoms with van der Waals surface area (Å²) in [5.41, 5.74) is 2.48. The van der Waals surface area contributed by atoms with Crippen LogP contribution in [0.15, 0.2) is 18.2 Å². The Bertz CT molecular complexity index is 439. The Morgan fingerprint density at radius 2 is 2.00 bits per heavy atom. The van der Waals surface area contributed by atoms with Gasteiger partial charge in [-0.1, -0.05) is 44.4 Å². The fourth-order valence-electron chi connectivity index (χ4n) is 3.21. The van der Waals surface area contributed by atoms with Crippen molar-refractivity contribution in [1.82, 2.24) is 5.32 Å². The van der Waals surface area contributed by atoms with Gasteiger partial charge in [-0.25, -0.2) is 0 Å². The lowest BCUT2D eigenvalue weighted by molar-refractivity contribution is 0.528. The normalized spacial score (nSPS) is 15.9. The monoisotopic (exact) mass is 308 g/mol. The molecule has 1 aromatic carbocycles. The Kier molecular flexibility index (Phi) is 6.38. The number of hydrogen-bond acceptors (Lipinski definition) is 2. The molecule has 118 valence electrons. The fourth-order valence-corrected chi connectivity index (χ4v) is 3.52. The lowest BCUT2D eigenvalue weighted by atomic mass is 10.1. The molecule has 0 unspecified atom stereocenters. The largest absolute Gasteiger partial charge is 0.367 e. The van der Waals surface area contributed by atoms with Gasteiger partial charge in [0, 0.05) is 19.1 Å². The topological polar surface area (TPSA) is 15.3 Å². The standard InChI is InChI=1S/C18H29ClN2/c1-14(2)10-11-21(16-6-4-5-7-16)18-9-8-15(13-20-3)12-17(18)19/h8-9,12,14,16,20H,4-7,10-11,13H2,1-3H3. The van der Waals surface area contributed by atoms with Crippen molar-refractivity contribution >= 4 is 17.3 Å². The van der Waals surface area contributed by atoms with E-state index in [1.807, 2.05) is 7.05 Å². The first kappa shape index (κ1) is 16.6. The highest BCUT2D eigenvalue weighted by molar-refractivity contribution is 6.33. The summed E-state index contributed by atoms with van der Waals surface area (Å²) in [6, 6.07) is 7.21. The summed E-state index contributed by atoms with van der Waals surface area (Å²) in [5.74, 6) is 0.733. The van der Waals surface area contributed by atoms with Crippen molar-refractivity contribution in [1.29, 1.82) is 0 Å². The number of benzene rings is 1. The first-order valence-corrected chi connectivity index (χ1v) is 8.69. The van der Waals surface area contributed by atoms with E-state index in [1.165, 1.54) is 43.4 Å². The van der Waals surface area contributed by atoms with Crippen LogP contribution in [-0.2, 0) is 6.54 Å². The summed E-state index contributed by atoms with van der Waals surface area (Å²) in [6.45, 7) is 6.58. The van der Waals surface area contributed by atoms with E-state index in [-0.39, 0.29) is 0 Å². The molecule has 2 nitrogen and oxygen atoms in total. The molecule has 1 N–H and O–H groups in total. The molecule has 0 bridgehead atoms. The van der Waals surface area contributed by atoms with E-state index < -0.39 is 0 Å². The van der Waals surface area contributed by atoms with Gasteiger partial charge in [0.15, 0.2) is 0 Å². The van der Waals surface area contributed by atoms with Gasteiger partial charge in [0.1, 0.15) is 0 Å². The van der Waals surface area contributed by atoms with Crippen LogP contribution in [0.2, 0.25) is 5.02 Å². The minimum Gasteiger partial charge on any atom is -0.367 e. The number of rotatable bonds is 7. The van der Waals surface area contributed by atoms with E-state index in [9.17, 15) is 0 Å². The Morgan fingerprint density at radius 3 is 2.57 bits per heavy atom. The van der Waals surface area contributed by atoms with Gasteiger partial charge in [0.25, 0.3) is 0 Å². The molecule has 0 aromatic heterocycles. The number of halogens is 1. The summed E-state index contributed by atoms with van der Waals surface area (Å²) in [7, 11) is 1.97. The van der Waals surface area contributed by atoms with Crippen LogP contribution in [0, 0.1) is 5.92 Å². The van der Waals surface area contributed by atoms with Crippen molar-refractivity contribution in [3.8, 4) is 0 Å². The van der Waals surface area contributed by atoms with Crippen LogP contribution in [0.1, 0.15) is 51.5 Å². The number of nitrogens with one attached hydrogen (secondary N) is 1. The lowest BCUT2D eigenvalue weighted by Crippen LogP contribution is -2.35. The van der Waals surface area contributed by atoms with E-state index in [1.54, 1.807) is 0 Å². The predicted octanol–water partition coefficient (Wildman–Crippen LogP) is 4.85. The maximum absolute atomic E-state index is 6.58. The number of hydrogen-bond donors (Lipinski definition) is 1. The Labute approximate surface area is 134 Å². The van der Waals surface area contributed by atoms with E-state index in [0.29, 0.717) is 6.04 Å². The van der Waals surface area contributed by atoms with Gasteiger partial charge >= 0.3 is 0 Å². The molecule has 1 fully saturated rings. The molecule has 3 heteroatoms. The molecule has 0 atom stereocenters. The minimum atomic E-state index is 0.677. The third-order valence-electron chi connectivity index (χ3n) is 4.42. The number of anilines is 1. The van der Waals surface area contributed by atoms with E-state index in [4.69, 9.17) is 11.6 Å². The van der Waals surface area contributed by atoms with Crippen LogP contribution in [0.3, 0.4) is 0 Å². The molecule has 0 aliphatic heterocycles. The quantitative estimate of drug-likeness (QED) is 0.774. The molecular formula is C18H29ClN2. The van der Waals surface area contributed by atoms with Crippen molar-refractivity contribution in [3.05, 3.63) is 28.8 Å². The van der Waals surface area contributed by atoms with Gasteiger partial charge in [-0.05, 0) is 49.9 Å². The molecule has 0 amide bonds. The first-order valence-electron chi connectivity index (χ1n) is 8.31.